The number of benzene rings is 3. The van der Waals surface area contributed by atoms with E-state index in [2.05, 4.69) is 52.3 Å². The van der Waals surface area contributed by atoms with Gasteiger partial charge in [-0.05, 0) is 41.8 Å². The van der Waals surface area contributed by atoms with Gasteiger partial charge in [0.1, 0.15) is 5.75 Å². The maximum atomic E-state index is 9.86. The highest BCUT2D eigenvalue weighted by Gasteiger charge is 2.26. The fourth-order valence-corrected chi connectivity index (χ4v) is 4.28. The fraction of sp³-hybridized carbons (Fsp3) is 0.250. The second-order valence-electron chi connectivity index (χ2n) is 7.27. The summed E-state index contributed by atoms with van der Waals surface area (Å²) in [5.74, 6) is 0.327. The number of phenolic OH excluding ortho intramolecular Hbond substituents is 1. The Hall–Kier alpha value is -1.95. The Labute approximate surface area is 201 Å². The number of rotatable bonds is 5. The number of aromatic hydroxyl groups is 1. The first-order valence-corrected chi connectivity index (χ1v) is 10.1. The van der Waals surface area contributed by atoms with Gasteiger partial charge in [0.15, 0.2) is 0 Å². The summed E-state index contributed by atoms with van der Waals surface area (Å²) >= 11 is 6.40. The molecule has 1 atom stereocenters. The molecule has 1 unspecified atom stereocenters. The van der Waals surface area contributed by atoms with Gasteiger partial charge >= 0.3 is 0 Å². The Morgan fingerprint density at radius 2 is 1.45 bits per heavy atom. The Bertz CT molecular complexity index is 919. The number of phenols is 1. The molecule has 0 spiro atoms. The van der Waals surface area contributed by atoms with Gasteiger partial charge in [-0.25, -0.2) is 0 Å². The second-order valence-corrected chi connectivity index (χ2v) is 7.68. The van der Waals surface area contributed by atoms with E-state index in [0.29, 0.717) is 5.75 Å². The van der Waals surface area contributed by atoms with Gasteiger partial charge in [-0.1, -0.05) is 66.2 Å². The summed E-state index contributed by atoms with van der Waals surface area (Å²) in [5.41, 5.74) is 3.59. The van der Waals surface area contributed by atoms with Crippen LogP contribution in [-0.2, 0) is 6.42 Å². The van der Waals surface area contributed by atoms with E-state index in [9.17, 15) is 5.11 Å². The van der Waals surface area contributed by atoms with Crippen LogP contribution in [0.4, 0.5) is 5.69 Å². The number of hydrogen-bond acceptors (Lipinski definition) is 3. The molecule has 168 valence electrons. The molecule has 1 fully saturated rings. The average Bonchev–Trinajstić information content (AvgIpc) is 2.73. The lowest BCUT2D eigenvalue weighted by molar-refractivity contribution is 0.184. The summed E-state index contributed by atoms with van der Waals surface area (Å²) < 4.78 is 0. The molecular formula is C24H29Cl3N2O2. The highest BCUT2D eigenvalue weighted by molar-refractivity contribution is 6.33. The highest BCUT2D eigenvalue weighted by atomic mass is 35.5. The van der Waals surface area contributed by atoms with E-state index in [4.69, 9.17) is 11.6 Å². The van der Waals surface area contributed by atoms with E-state index in [1.165, 1.54) is 5.56 Å². The predicted molar refractivity (Wildman–Crippen MR) is 134 cm³/mol. The first-order chi connectivity index (χ1) is 13.7. The molecule has 4 nitrogen and oxygen atoms in total. The van der Waals surface area contributed by atoms with Crippen molar-refractivity contribution in [3.8, 4) is 5.75 Å². The molecule has 1 saturated heterocycles. The van der Waals surface area contributed by atoms with Crippen LogP contribution in [0.5, 0.6) is 5.75 Å². The maximum Gasteiger partial charge on any atom is 0.115 e. The number of anilines is 1. The lowest BCUT2D eigenvalue weighted by Crippen LogP contribution is -2.48. The summed E-state index contributed by atoms with van der Waals surface area (Å²) in [6, 6.07) is 26.6. The molecule has 0 amide bonds. The van der Waals surface area contributed by atoms with E-state index >= 15 is 0 Å². The minimum Gasteiger partial charge on any atom is -0.508 e. The van der Waals surface area contributed by atoms with Crippen LogP contribution in [0.15, 0.2) is 78.9 Å². The molecule has 3 aromatic carbocycles. The summed E-state index contributed by atoms with van der Waals surface area (Å²) in [5, 5.41) is 10.7. The number of halogens is 3. The molecule has 1 aliphatic heterocycles. The van der Waals surface area contributed by atoms with Gasteiger partial charge in [0.2, 0.25) is 0 Å². The van der Waals surface area contributed by atoms with Crippen molar-refractivity contribution in [2.75, 3.05) is 31.1 Å². The summed E-state index contributed by atoms with van der Waals surface area (Å²) in [4.78, 5) is 4.92. The smallest absolute Gasteiger partial charge is 0.115 e. The maximum absolute atomic E-state index is 9.86. The number of nitrogens with zero attached hydrogens (tertiary/aromatic N) is 2. The molecule has 0 aromatic heterocycles. The van der Waals surface area contributed by atoms with Crippen LogP contribution in [-0.4, -0.2) is 41.7 Å². The molecule has 3 aromatic rings. The van der Waals surface area contributed by atoms with Crippen LogP contribution in [0.2, 0.25) is 5.02 Å². The van der Waals surface area contributed by atoms with Crippen molar-refractivity contribution >= 4 is 42.1 Å². The molecule has 7 heteroatoms. The van der Waals surface area contributed by atoms with Gasteiger partial charge in [-0.15, -0.1) is 24.8 Å². The molecule has 31 heavy (non-hydrogen) atoms. The average molecular weight is 484 g/mol. The Morgan fingerprint density at radius 1 is 0.806 bits per heavy atom. The second kappa shape index (κ2) is 12.8. The van der Waals surface area contributed by atoms with E-state index in [0.717, 1.165) is 48.9 Å². The van der Waals surface area contributed by atoms with Gasteiger partial charge in [-0.3, -0.25) is 4.90 Å². The van der Waals surface area contributed by atoms with Crippen LogP contribution < -0.4 is 4.90 Å². The standard InChI is InChI=1S/C24H25ClN2O.2ClH.H2O/c25-22-11-4-5-12-23(22)26-13-15-27(16-14-26)24(20-8-2-1-3-9-20)18-19-7-6-10-21(28)17-19;;;/h1-12,17,24,28H,13-16,18H2;2*1H;1H2. The Balaban J connectivity index is 0.00000160. The zero-order valence-corrected chi connectivity index (χ0v) is 19.5. The molecule has 0 aliphatic carbocycles. The fourth-order valence-electron chi connectivity index (χ4n) is 4.02. The topological polar surface area (TPSA) is 58.2 Å². The molecule has 4 rings (SSSR count). The van der Waals surface area contributed by atoms with Crippen molar-refractivity contribution in [3.63, 3.8) is 0 Å². The van der Waals surface area contributed by atoms with Crippen LogP contribution in [0, 0.1) is 0 Å². The third-order valence-electron chi connectivity index (χ3n) is 5.47. The van der Waals surface area contributed by atoms with Crippen molar-refractivity contribution in [2.24, 2.45) is 0 Å². The van der Waals surface area contributed by atoms with Gasteiger partial charge in [0.25, 0.3) is 0 Å². The van der Waals surface area contributed by atoms with Crippen LogP contribution >= 0.6 is 36.4 Å². The van der Waals surface area contributed by atoms with Gasteiger partial charge in [0, 0.05) is 32.2 Å². The minimum atomic E-state index is 0. The number of hydrogen-bond donors (Lipinski definition) is 1. The van der Waals surface area contributed by atoms with Gasteiger partial charge < -0.3 is 15.5 Å². The van der Waals surface area contributed by atoms with Crippen molar-refractivity contribution in [1.29, 1.82) is 0 Å². The zero-order valence-electron chi connectivity index (χ0n) is 17.2. The molecular weight excluding hydrogens is 455 g/mol. The first kappa shape index (κ1) is 27.1. The molecule has 0 radical (unpaired) electrons. The summed E-state index contributed by atoms with van der Waals surface area (Å²) in [7, 11) is 0. The third kappa shape index (κ3) is 6.76. The van der Waals surface area contributed by atoms with E-state index in [1.807, 2.05) is 30.3 Å². The zero-order chi connectivity index (χ0) is 19.3. The van der Waals surface area contributed by atoms with Gasteiger partial charge in [-0.2, -0.15) is 0 Å². The molecule has 0 saturated carbocycles. The highest BCUT2D eigenvalue weighted by Crippen LogP contribution is 2.30. The predicted octanol–water partition coefficient (Wildman–Crippen LogP) is 5.17. The van der Waals surface area contributed by atoms with Crippen molar-refractivity contribution in [1.82, 2.24) is 4.90 Å². The quantitative estimate of drug-likeness (QED) is 0.544. The van der Waals surface area contributed by atoms with Crippen molar-refractivity contribution in [2.45, 2.75) is 12.5 Å². The van der Waals surface area contributed by atoms with Crippen molar-refractivity contribution < 1.29 is 10.6 Å². The molecule has 1 heterocycles. The monoisotopic (exact) mass is 482 g/mol. The molecule has 3 N–H and O–H groups in total. The van der Waals surface area contributed by atoms with Crippen molar-refractivity contribution in [3.05, 3.63) is 95.0 Å². The molecule has 1 aliphatic rings. The van der Waals surface area contributed by atoms with Crippen LogP contribution in [0.1, 0.15) is 17.2 Å². The molecule has 0 bridgehead atoms. The largest absolute Gasteiger partial charge is 0.508 e. The third-order valence-corrected chi connectivity index (χ3v) is 5.79. The lowest BCUT2D eigenvalue weighted by Gasteiger charge is -2.40. The van der Waals surface area contributed by atoms with E-state index in [1.54, 1.807) is 6.07 Å². The van der Waals surface area contributed by atoms with E-state index in [-0.39, 0.29) is 36.3 Å². The van der Waals surface area contributed by atoms with Crippen LogP contribution in [0.25, 0.3) is 0 Å². The Kier molecular flexibility index (Phi) is 11.2. The lowest BCUT2D eigenvalue weighted by atomic mass is 9.96. The minimum absolute atomic E-state index is 0. The van der Waals surface area contributed by atoms with Gasteiger partial charge in [0.05, 0.1) is 10.7 Å². The Morgan fingerprint density at radius 3 is 2.10 bits per heavy atom. The number of piperazine rings is 1. The number of para-hydroxylation sites is 1. The van der Waals surface area contributed by atoms with Crippen LogP contribution in [0.3, 0.4) is 0 Å². The summed E-state index contributed by atoms with van der Waals surface area (Å²) in [6.45, 7) is 3.85. The normalized spacial score (nSPS) is 14.5. The SMILES string of the molecule is Cl.Cl.O.Oc1cccc(CC(c2ccccc2)N2CCN(c3ccccc3Cl)CC2)c1. The van der Waals surface area contributed by atoms with E-state index < -0.39 is 0 Å². The summed E-state index contributed by atoms with van der Waals surface area (Å²) in [6.07, 6.45) is 0.879. The first-order valence-electron chi connectivity index (χ1n) is 9.77.